The van der Waals surface area contributed by atoms with Crippen molar-refractivity contribution in [3.63, 3.8) is 0 Å². The lowest BCUT2D eigenvalue weighted by atomic mass is 10.3. The maximum atomic E-state index is 5.81. The molecule has 3 rings (SSSR count). The molecule has 0 bridgehead atoms. The van der Waals surface area contributed by atoms with Crippen molar-refractivity contribution in [2.24, 2.45) is 0 Å². The van der Waals surface area contributed by atoms with Crippen LogP contribution in [0.2, 0.25) is 5.02 Å². The molecular weight excluding hydrogens is 266 g/mol. The maximum absolute atomic E-state index is 5.81. The van der Waals surface area contributed by atoms with Gasteiger partial charge < -0.3 is 10.7 Å². The van der Waals surface area contributed by atoms with Crippen LogP contribution in [-0.4, -0.2) is 19.9 Å². The van der Waals surface area contributed by atoms with Crippen LogP contribution in [0.5, 0.6) is 0 Å². The van der Waals surface area contributed by atoms with E-state index in [9.17, 15) is 0 Å². The van der Waals surface area contributed by atoms with Gasteiger partial charge in [-0.15, -0.1) is 0 Å². The third-order valence-corrected chi connectivity index (χ3v) is 2.72. The summed E-state index contributed by atoms with van der Waals surface area (Å²) in [6.45, 7) is 0. The number of aromatic amines is 1. The summed E-state index contributed by atoms with van der Waals surface area (Å²) in [5.74, 6) is 0.676. The van der Waals surface area contributed by atoms with Gasteiger partial charge in [-0.05, 0) is 24.3 Å². The number of imidazole rings is 1. The molecule has 0 amide bonds. The fourth-order valence-corrected chi connectivity index (χ4v) is 1.73. The number of nitrogens with one attached hydrogen (secondary N) is 3. The summed E-state index contributed by atoms with van der Waals surface area (Å²) in [5, 5.41) is 0.674. The lowest BCUT2D eigenvalue weighted by molar-refractivity contribution is 1.20. The van der Waals surface area contributed by atoms with Gasteiger partial charge in [0.15, 0.2) is 11.5 Å². The lowest BCUT2D eigenvalue weighted by Gasteiger charge is -2.09. The predicted octanol–water partition coefficient (Wildman–Crippen LogP) is 2.03. The number of nitrogens with two attached hydrogens (primary N) is 1. The van der Waals surface area contributed by atoms with E-state index in [-0.39, 0.29) is 5.95 Å². The van der Waals surface area contributed by atoms with Gasteiger partial charge in [0.05, 0.1) is 12.0 Å². The zero-order valence-corrected chi connectivity index (χ0v) is 10.4. The minimum absolute atomic E-state index is 0.153. The van der Waals surface area contributed by atoms with Crippen molar-refractivity contribution in [2.75, 3.05) is 16.6 Å². The number of anilines is 3. The summed E-state index contributed by atoms with van der Waals surface area (Å²) in [5.41, 5.74) is 13.6. The van der Waals surface area contributed by atoms with Crippen LogP contribution >= 0.6 is 11.6 Å². The van der Waals surface area contributed by atoms with Gasteiger partial charge in [0.1, 0.15) is 5.52 Å². The number of nitrogens with zero attached hydrogens (tertiary/aromatic N) is 3. The summed E-state index contributed by atoms with van der Waals surface area (Å²) in [4.78, 5) is 15.1. The zero-order chi connectivity index (χ0) is 13.2. The number of hydrogen-bond donors (Lipinski definition) is 4. The second-order valence-corrected chi connectivity index (χ2v) is 4.22. The van der Waals surface area contributed by atoms with Crippen molar-refractivity contribution in [1.82, 2.24) is 19.9 Å². The Labute approximate surface area is 113 Å². The molecule has 2 aromatic heterocycles. The number of hydrazine groups is 1. The molecule has 0 spiro atoms. The van der Waals surface area contributed by atoms with Crippen LogP contribution in [0.15, 0.2) is 30.6 Å². The number of rotatable bonds is 3. The third kappa shape index (κ3) is 2.36. The van der Waals surface area contributed by atoms with E-state index in [0.717, 1.165) is 5.69 Å². The fraction of sp³-hybridized carbons (Fsp3) is 0. The van der Waals surface area contributed by atoms with Crippen LogP contribution in [-0.2, 0) is 0 Å². The normalized spacial score (nSPS) is 10.6. The number of hydrogen-bond acceptors (Lipinski definition) is 6. The number of halogens is 1. The van der Waals surface area contributed by atoms with Crippen molar-refractivity contribution in [1.29, 1.82) is 0 Å². The van der Waals surface area contributed by atoms with Crippen molar-refractivity contribution in [3.05, 3.63) is 35.6 Å². The lowest BCUT2D eigenvalue weighted by Crippen LogP contribution is -2.11. The molecule has 3 aromatic rings. The molecule has 2 heterocycles. The van der Waals surface area contributed by atoms with Crippen LogP contribution in [0.25, 0.3) is 11.2 Å². The molecule has 0 saturated heterocycles. The quantitative estimate of drug-likeness (QED) is 0.545. The highest BCUT2D eigenvalue weighted by Crippen LogP contribution is 2.18. The average molecular weight is 276 g/mol. The average Bonchev–Trinajstić information content (AvgIpc) is 2.85. The highest BCUT2D eigenvalue weighted by atomic mass is 35.5. The van der Waals surface area contributed by atoms with Gasteiger partial charge in [-0.1, -0.05) is 11.6 Å². The largest absolute Gasteiger partial charge is 0.368 e. The molecule has 0 saturated carbocycles. The van der Waals surface area contributed by atoms with E-state index in [1.54, 1.807) is 12.1 Å². The van der Waals surface area contributed by atoms with Crippen LogP contribution in [0.3, 0.4) is 0 Å². The van der Waals surface area contributed by atoms with E-state index in [0.29, 0.717) is 22.0 Å². The molecule has 7 nitrogen and oxygen atoms in total. The first-order valence-corrected chi connectivity index (χ1v) is 5.84. The molecule has 0 atom stereocenters. The van der Waals surface area contributed by atoms with Gasteiger partial charge in [0.2, 0.25) is 5.95 Å². The molecule has 5 N–H and O–H groups in total. The summed E-state index contributed by atoms with van der Waals surface area (Å²) >= 11 is 5.81. The van der Waals surface area contributed by atoms with Gasteiger partial charge in [-0.3, -0.25) is 10.9 Å². The SMILES string of the molecule is Nc1nc(NNc2ccc(Cl)cc2)c2[nH]cnc2n1. The number of fused-ring (bicyclic) bond motifs is 1. The van der Waals surface area contributed by atoms with Gasteiger partial charge in [-0.25, -0.2) is 4.98 Å². The Morgan fingerprint density at radius 3 is 2.68 bits per heavy atom. The van der Waals surface area contributed by atoms with E-state index in [1.165, 1.54) is 6.33 Å². The van der Waals surface area contributed by atoms with Crippen molar-refractivity contribution in [3.8, 4) is 0 Å². The summed E-state index contributed by atoms with van der Waals surface area (Å²) in [6.07, 6.45) is 1.53. The summed E-state index contributed by atoms with van der Waals surface area (Å²) in [6, 6.07) is 7.24. The highest BCUT2D eigenvalue weighted by molar-refractivity contribution is 6.30. The topological polar surface area (TPSA) is 105 Å². The summed E-state index contributed by atoms with van der Waals surface area (Å²) < 4.78 is 0. The number of H-pyrrole nitrogens is 1. The van der Waals surface area contributed by atoms with E-state index in [4.69, 9.17) is 17.3 Å². The molecule has 0 unspecified atom stereocenters. The van der Waals surface area contributed by atoms with Gasteiger partial charge in [0, 0.05) is 5.02 Å². The van der Waals surface area contributed by atoms with Crippen molar-refractivity contribution >= 4 is 40.2 Å². The van der Waals surface area contributed by atoms with Crippen LogP contribution < -0.4 is 16.6 Å². The Hall–Kier alpha value is -2.54. The third-order valence-electron chi connectivity index (χ3n) is 2.47. The number of nitrogen functional groups attached to an aromatic ring is 1. The minimum atomic E-state index is 0.153. The van der Waals surface area contributed by atoms with Crippen LogP contribution in [0.4, 0.5) is 17.5 Å². The molecule has 0 aliphatic rings. The Morgan fingerprint density at radius 1 is 1.11 bits per heavy atom. The predicted molar refractivity (Wildman–Crippen MR) is 74.8 cm³/mol. The minimum Gasteiger partial charge on any atom is -0.368 e. The monoisotopic (exact) mass is 275 g/mol. The van der Waals surface area contributed by atoms with Crippen molar-refractivity contribution < 1.29 is 0 Å². The van der Waals surface area contributed by atoms with E-state index in [2.05, 4.69) is 30.8 Å². The second-order valence-electron chi connectivity index (χ2n) is 3.79. The second kappa shape index (κ2) is 4.62. The van der Waals surface area contributed by atoms with Gasteiger partial charge in [0.25, 0.3) is 0 Å². The smallest absolute Gasteiger partial charge is 0.224 e. The molecule has 19 heavy (non-hydrogen) atoms. The first-order chi connectivity index (χ1) is 9.22. The Balaban J connectivity index is 1.85. The first-order valence-electron chi connectivity index (χ1n) is 5.46. The molecule has 0 aliphatic heterocycles. The maximum Gasteiger partial charge on any atom is 0.224 e. The highest BCUT2D eigenvalue weighted by Gasteiger charge is 2.07. The van der Waals surface area contributed by atoms with Crippen LogP contribution in [0.1, 0.15) is 0 Å². The van der Waals surface area contributed by atoms with E-state index < -0.39 is 0 Å². The van der Waals surface area contributed by atoms with Gasteiger partial charge in [-0.2, -0.15) is 9.97 Å². The number of benzene rings is 1. The Morgan fingerprint density at radius 2 is 1.89 bits per heavy atom. The molecule has 96 valence electrons. The first kappa shape index (κ1) is 11.5. The molecule has 8 heteroatoms. The zero-order valence-electron chi connectivity index (χ0n) is 9.68. The molecular formula is C11H10ClN7. The molecule has 0 aliphatic carbocycles. The Bertz CT molecular complexity index is 707. The van der Waals surface area contributed by atoms with Crippen molar-refractivity contribution in [2.45, 2.75) is 0 Å². The molecule has 1 aromatic carbocycles. The summed E-state index contributed by atoms with van der Waals surface area (Å²) in [7, 11) is 0. The Kier molecular flexibility index (Phi) is 2.81. The number of aromatic nitrogens is 4. The van der Waals surface area contributed by atoms with E-state index in [1.807, 2.05) is 12.1 Å². The van der Waals surface area contributed by atoms with Gasteiger partial charge >= 0.3 is 0 Å². The van der Waals surface area contributed by atoms with Crippen LogP contribution in [0, 0.1) is 0 Å². The standard InChI is InChI=1S/C11H10ClN7/c12-6-1-3-7(4-2-6)18-19-10-8-9(15-5-14-8)16-11(13)17-10/h1-5,18H,(H4,13,14,15,16,17,19). The molecule has 0 radical (unpaired) electrons. The van der Waals surface area contributed by atoms with E-state index >= 15 is 0 Å². The fourth-order valence-electron chi connectivity index (χ4n) is 1.61. The molecule has 0 fully saturated rings.